The van der Waals surface area contributed by atoms with E-state index < -0.39 is 0 Å². The monoisotopic (exact) mass is 264 g/mol. The van der Waals surface area contributed by atoms with Crippen molar-refractivity contribution in [1.82, 2.24) is 25.3 Å². The summed E-state index contributed by atoms with van der Waals surface area (Å²) in [5.41, 5.74) is 0.690. The number of tetrazole rings is 1. The van der Waals surface area contributed by atoms with Gasteiger partial charge in [0.2, 0.25) is 0 Å². The van der Waals surface area contributed by atoms with Crippen LogP contribution in [0.1, 0.15) is 19.3 Å². The molecule has 96 valence electrons. The standard InChI is InChI=1S/C11H16N6S/c1-18-9-4-2-3-7-16(8-9)11-6-5-10-12-14-15-17(10)13-11/h5-6,9H,2-4,7-8H2,1H3. The summed E-state index contributed by atoms with van der Waals surface area (Å²) in [5.74, 6) is 0.968. The SMILES string of the molecule is CSC1CCCCN(c2ccc3nnnn3n2)C1. The van der Waals surface area contributed by atoms with Crippen molar-refractivity contribution in [3.05, 3.63) is 12.1 Å². The summed E-state index contributed by atoms with van der Waals surface area (Å²) in [7, 11) is 0. The first-order valence-electron chi connectivity index (χ1n) is 6.20. The van der Waals surface area contributed by atoms with E-state index in [-0.39, 0.29) is 0 Å². The maximum absolute atomic E-state index is 4.47. The van der Waals surface area contributed by atoms with Gasteiger partial charge in [-0.1, -0.05) is 6.42 Å². The van der Waals surface area contributed by atoms with Crippen molar-refractivity contribution in [3.63, 3.8) is 0 Å². The van der Waals surface area contributed by atoms with Gasteiger partial charge in [0, 0.05) is 18.3 Å². The second kappa shape index (κ2) is 5.09. The second-order valence-corrected chi connectivity index (χ2v) is 5.66. The van der Waals surface area contributed by atoms with Gasteiger partial charge in [0.25, 0.3) is 0 Å². The third kappa shape index (κ3) is 2.27. The number of hydrogen-bond donors (Lipinski definition) is 0. The first-order valence-corrected chi connectivity index (χ1v) is 7.49. The van der Waals surface area contributed by atoms with Gasteiger partial charge in [0.1, 0.15) is 0 Å². The minimum Gasteiger partial charge on any atom is -0.354 e. The molecule has 1 saturated heterocycles. The average Bonchev–Trinajstić information content (AvgIpc) is 2.74. The Hall–Kier alpha value is -1.37. The van der Waals surface area contributed by atoms with Crippen molar-refractivity contribution >= 4 is 23.2 Å². The van der Waals surface area contributed by atoms with E-state index in [9.17, 15) is 0 Å². The Bertz CT molecular complexity index is 527. The number of thioether (sulfide) groups is 1. The first kappa shape index (κ1) is 11.7. The molecular formula is C11H16N6S. The highest BCUT2D eigenvalue weighted by Crippen LogP contribution is 2.23. The lowest BCUT2D eigenvalue weighted by atomic mass is 10.2. The summed E-state index contributed by atoms with van der Waals surface area (Å²) in [6.07, 6.45) is 6.01. The van der Waals surface area contributed by atoms with Gasteiger partial charge in [-0.25, -0.2) is 0 Å². The zero-order chi connectivity index (χ0) is 12.4. The fourth-order valence-electron chi connectivity index (χ4n) is 2.31. The molecule has 7 heteroatoms. The molecule has 1 aliphatic heterocycles. The number of fused-ring (bicyclic) bond motifs is 1. The summed E-state index contributed by atoms with van der Waals surface area (Å²) in [4.78, 5) is 2.34. The van der Waals surface area contributed by atoms with E-state index in [1.807, 2.05) is 23.9 Å². The van der Waals surface area contributed by atoms with Crippen molar-refractivity contribution in [1.29, 1.82) is 0 Å². The van der Waals surface area contributed by atoms with Crippen LogP contribution in [0.5, 0.6) is 0 Å². The van der Waals surface area contributed by atoms with Gasteiger partial charge in [0.15, 0.2) is 11.5 Å². The van der Waals surface area contributed by atoms with E-state index in [2.05, 4.69) is 31.8 Å². The largest absolute Gasteiger partial charge is 0.354 e. The Kier molecular flexibility index (Phi) is 3.31. The van der Waals surface area contributed by atoms with Crippen molar-refractivity contribution in [2.75, 3.05) is 24.2 Å². The molecule has 2 aromatic heterocycles. The molecule has 1 unspecified atom stereocenters. The van der Waals surface area contributed by atoms with Crippen LogP contribution in [0.2, 0.25) is 0 Å². The molecule has 0 bridgehead atoms. The molecular weight excluding hydrogens is 248 g/mol. The summed E-state index contributed by atoms with van der Waals surface area (Å²) < 4.78 is 1.49. The fourth-order valence-corrected chi connectivity index (χ4v) is 3.04. The molecule has 1 fully saturated rings. The Morgan fingerprint density at radius 2 is 2.28 bits per heavy atom. The zero-order valence-corrected chi connectivity index (χ0v) is 11.2. The smallest absolute Gasteiger partial charge is 0.200 e. The van der Waals surface area contributed by atoms with Gasteiger partial charge >= 0.3 is 0 Å². The van der Waals surface area contributed by atoms with Crippen LogP contribution < -0.4 is 4.90 Å². The molecule has 1 aliphatic rings. The van der Waals surface area contributed by atoms with Crippen molar-refractivity contribution < 1.29 is 0 Å². The van der Waals surface area contributed by atoms with Crippen LogP contribution in [0.15, 0.2) is 12.1 Å². The number of nitrogens with zero attached hydrogens (tertiary/aromatic N) is 6. The lowest BCUT2D eigenvalue weighted by molar-refractivity contribution is 0.704. The molecule has 0 amide bonds. The van der Waals surface area contributed by atoms with E-state index in [1.165, 1.54) is 23.9 Å². The molecule has 0 radical (unpaired) electrons. The lowest BCUT2D eigenvalue weighted by Gasteiger charge is -2.24. The number of anilines is 1. The van der Waals surface area contributed by atoms with Crippen LogP contribution >= 0.6 is 11.8 Å². The molecule has 2 aromatic rings. The van der Waals surface area contributed by atoms with E-state index in [0.717, 1.165) is 18.9 Å². The summed E-state index contributed by atoms with van der Waals surface area (Å²) in [5, 5.41) is 16.5. The van der Waals surface area contributed by atoms with Gasteiger partial charge in [-0.2, -0.15) is 11.8 Å². The molecule has 3 rings (SSSR count). The number of hydrogen-bond acceptors (Lipinski definition) is 6. The van der Waals surface area contributed by atoms with E-state index in [0.29, 0.717) is 10.9 Å². The number of rotatable bonds is 2. The van der Waals surface area contributed by atoms with E-state index in [1.54, 1.807) is 0 Å². The maximum Gasteiger partial charge on any atom is 0.200 e. The predicted molar refractivity (Wildman–Crippen MR) is 71.9 cm³/mol. The molecule has 0 aromatic carbocycles. The second-order valence-electron chi connectivity index (χ2n) is 4.52. The van der Waals surface area contributed by atoms with E-state index in [4.69, 9.17) is 0 Å². The molecule has 1 atom stereocenters. The molecule has 0 spiro atoms. The highest BCUT2D eigenvalue weighted by atomic mass is 32.2. The predicted octanol–water partition coefficient (Wildman–Crippen LogP) is 1.24. The zero-order valence-electron chi connectivity index (χ0n) is 10.4. The minimum absolute atomic E-state index is 0.690. The molecule has 0 N–H and O–H groups in total. The molecule has 18 heavy (non-hydrogen) atoms. The van der Waals surface area contributed by atoms with Gasteiger partial charge in [-0.05, 0) is 41.7 Å². The molecule has 0 aliphatic carbocycles. The average molecular weight is 264 g/mol. The first-order chi connectivity index (χ1) is 8.86. The third-order valence-corrected chi connectivity index (χ3v) is 4.39. The van der Waals surface area contributed by atoms with Gasteiger partial charge in [-0.15, -0.1) is 14.8 Å². The van der Waals surface area contributed by atoms with Crippen LogP contribution in [0.3, 0.4) is 0 Å². The summed E-state index contributed by atoms with van der Waals surface area (Å²) in [6.45, 7) is 2.12. The topological polar surface area (TPSA) is 59.2 Å². The molecule has 6 nitrogen and oxygen atoms in total. The summed E-state index contributed by atoms with van der Waals surface area (Å²) in [6, 6.07) is 3.93. The highest BCUT2D eigenvalue weighted by molar-refractivity contribution is 7.99. The van der Waals surface area contributed by atoms with Crippen molar-refractivity contribution in [2.24, 2.45) is 0 Å². The quantitative estimate of drug-likeness (QED) is 0.813. The lowest BCUT2D eigenvalue weighted by Crippen LogP contribution is -2.30. The fraction of sp³-hybridized carbons (Fsp3) is 0.636. The Balaban J connectivity index is 1.87. The normalized spacial score (nSPS) is 21.2. The van der Waals surface area contributed by atoms with Crippen LogP contribution in [-0.4, -0.2) is 49.8 Å². The van der Waals surface area contributed by atoms with Crippen LogP contribution in [0.25, 0.3) is 5.65 Å². The maximum atomic E-state index is 4.47. The van der Waals surface area contributed by atoms with Gasteiger partial charge < -0.3 is 4.90 Å². The van der Waals surface area contributed by atoms with Gasteiger partial charge in [-0.3, -0.25) is 0 Å². The Morgan fingerprint density at radius 1 is 1.33 bits per heavy atom. The van der Waals surface area contributed by atoms with Crippen LogP contribution in [-0.2, 0) is 0 Å². The minimum atomic E-state index is 0.690. The molecule has 3 heterocycles. The third-order valence-electron chi connectivity index (χ3n) is 3.34. The Labute approximate surface area is 110 Å². The van der Waals surface area contributed by atoms with Crippen LogP contribution in [0.4, 0.5) is 5.82 Å². The molecule has 0 saturated carbocycles. The summed E-state index contributed by atoms with van der Waals surface area (Å²) >= 11 is 1.95. The van der Waals surface area contributed by atoms with Crippen LogP contribution in [0, 0.1) is 0 Å². The number of aromatic nitrogens is 5. The van der Waals surface area contributed by atoms with Crippen molar-refractivity contribution in [2.45, 2.75) is 24.5 Å². The van der Waals surface area contributed by atoms with Gasteiger partial charge in [0.05, 0.1) is 0 Å². The Morgan fingerprint density at radius 3 is 3.17 bits per heavy atom. The van der Waals surface area contributed by atoms with E-state index >= 15 is 0 Å². The highest BCUT2D eigenvalue weighted by Gasteiger charge is 2.19. The van der Waals surface area contributed by atoms with Crippen molar-refractivity contribution in [3.8, 4) is 0 Å².